The van der Waals surface area contributed by atoms with Gasteiger partial charge in [0, 0.05) is 16.1 Å². The van der Waals surface area contributed by atoms with Gasteiger partial charge in [-0.2, -0.15) is 5.26 Å². The molecule has 3 rings (SSSR count). The maximum absolute atomic E-state index is 12.4. The van der Waals surface area contributed by atoms with Crippen LogP contribution in [0.25, 0.3) is 0 Å². The number of hydrogen-bond acceptors (Lipinski definition) is 4. The molecule has 124 valence electrons. The topological polar surface area (TPSA) is 67.9 Å². The van der Waals surface area contributed by atoms with Gasteiger partial charge in [0.25, 0.3) is 0 Å². The molecule has 1 heterocycles. The molecule has 0 N–H and O–H groups in total. The maximum Gasteiger partial charge on any atom is 0.184 e. The lowest BCUT2D eigenvalue weighted by Gasteiger charge is -2.09. The normalized spacial score (nSPS) is 10.3. The summed E-state index contributed by atoms with van der Waals surface area (Å²) in [6.07, 6.45) is 2.85. The van der Waals surface area contributed by atoms with E-state index in [1.54, 1.807) is 18.2 Å². The first-order valence-corrected chi connectivity index (χ1v) is 8.40. The van der Waals surface area contributed by atoms with Crippen LogP contribution in [0, 0.1) is 11.3 Å². The maximum atomic E-state index is 12.4. The monoisotopic (exact) mass is 415 g/mol. The van der Waals surface area contributed by atoms with Gasteiger partial charge in [0.2, 0.25) is 0 Å². The molecule has 1 aromatic heterocycles. The van der Waals surface area contributed by atoms with Crippen LogP contribution in [0.15, 0.2) is 59.5 Å². The number of nitriles is 1. The van der Waals surface area contributed by atoms with Crippen molar-refractivity contribution in [3.63, 3.8) is 0 Å². The molecule has 0 radical (unpaired) electrons. The SMILES string of the molecule is N#Cc1cncn1CC(=O)c1ccc(Oc2ccc(Br)cc2)cc1Cl. The fourth-order valence-electron chi connectivity index (χ4n) is 2.20. The zero-order valence-electron chi connectivity index (χ0n) is 12.8. The van der Waals surface area contributed by atoms with E-state index in [1.807, 2.05) is 30.3 Å². The van der Waals surface area contributed by atoms with Crippen molar-refractivity contribution in [3.8, 4) is 17.6 Å². The zero-order chi connectivity index (χ0) is 17.8. The van der Waals surface area contributed by atoms with Gasteiger partial charge in [-0.1, -0.05) is 27.5 Å². The highest BCUT2D eigenvalue weighted by molar-refractivity contribution is 9.10. The first-order chi connectivity index (χ1) is 12.1. The Labute approximate surface area is 157 Å². The summed E-state index contributed by atoms with van der Waals surface area (Å²) >= 11 is 9.59. The van der Waals surface area contributed by atoms with E-state index >= 15 is 0 Å². The lowest BCUT2D eigenvalue weighted by molar-refractivity contribution is 0.0972. The van der Waals surface area contributed by atoms with E-state index in [2.05, 4.69) is 20.9 Å². The fourth-order valence-corrected chi connectivity index (χ4v) is 2.74. The van der Waals surface area contributed by atoms with E-state index in [0.29, 0.717) is 27.8 Å². The van der Waals surface area contributed by atoms with Crippen LogP contribution in [0.4, 0.5) is 0 Å². The number of halogens is 2. The Balaban J connectivity index is 1.76. The summed E-state index contributed by atoms with van der Waals surface area (Å²) in [7, 11) is 0. The number of carbonyl (C=O) groups excluding carboxylic acids is 1. The average molecular weight is 417 g/mol. The third kappa shape index (κ3) is 4.08. The summed E-state index contributed by atoms with van der Waals surface area (Å²) in [4.78, 5) is 16.3. The standard InChI is InChI=1S/C18H11BrClN3O2/c19-12-1-3-14(4-2-12)25-15-5-6-16(17(20)7-15)18(24)10-23-11-22-9-13(23)8-21/h1-7,9,11H,10H2. The minimum absolute atomic E-state index is 0.00444. The highest BCUT2D eigenvalue weighted by atomic mass is 79.9. The lowest BCUT2D eigenvalue weighted by atomic mass is 10.1. The van der Waals surface area contributed by atoms with Gasteiger partial charge in [-0.15, -0.1) is 0 Å². The molecule has 0 aliphatic carbocycles. The molecule has 7 heteroatoms. The molecule has 0 aliphatic heterocycles. The Kier molecular flexibility index (Phi) is 5.17. The molecule has 25 heavy (non-hydrogen) atoms. The molecular formula is C18H11BrClN3O2. The number of hydrogen-bond donors (Lipinski definition) is 0. The number of rotatable bonds is 5. The first kappa shape index (κ1) is 17.2. The number of imidazole rings is 1. The molecule has 0 bridgehead atoms. The molecule has 0 fully saturated rings. The minimum atomic E-state index is -0.213. The Bertz CT molecular complexity index is 961. The van der Waals surface area contributed by atoms with E-state index < -0.39 is 0 Å². The molecule has 0 aliphatic rings. The Morgan fingerprint density at radius 2 is 1.96 bits per heavy atom. The molecule has 0 saturated carbocycles. The predicted octanol–water partition coefficient (Wildman–Crippen LogP) is 4.85. The van der Waals surface area contributed by atoms with Gasteiger partial charge in [0.1, 0.15) is 23.3 Å². The zero-order valence-corrected chi connectivity index (χ0v) is 15.2. The minimum Gasteiger partial charge on any atom is -0.457 e. The van der Waals surface area contributed by atoms with Gasteiger partial charge in [0.15, 0.2) is 5.78 Å². The number of ether oxygens (including phenoxy) is 1. The molecular weight excluding hydrogens is 406 g/mol. The first-order valence-electron chi connectivity index (χ1n) is 7.23. The number of Topliss-reactive ketones (excluding diaryl/α,β-unsaturated/α-hetero) is 1. The van der Waals surface area contributed by atoms with Crippen LogP contribution < -0.4 is 4.74 Å². The molecule has 0 atom stereocenters. The summed E-state index contributed by atoms with van der Waals surface area (Å²) < 4.78 is 8.15. The van der Waals surface area contributed by atoms with Crippen LogP contribution in [0.1, 0.15) is 16.1 Å². The van der Waals surface area contributed by atoms with Crippen molar-refractivity contribution in [2.75, 3.05) is 0 Å². The lowest BCUT2D eigenvalue weighted by Crippen LogP contribution is -2.11. The van der Waals surface area contributed by atoms with Gasteiger partial charge in [-0.3, -0.25) is 4.79 Å². The van der Waals surface area contributed by atoms with Crippen molar-refractivity contribution in [1.29, 1.82) is 5.26 Å². The predicted molar refractivity (Wildman–Crippen MR) is 96.9 cm³/mol. The third-order valence-electron chi connectivity index (χ3n) is 3.43. The quantitative estimate of drug-likeness (QED) is 0.558. The average Bonchev–Trinajstić information content (AvgIpc) is 3.04. The number of benzene rings is 2. The molecule has 2 aromatic carbocycles. The number of carbonyl (C=O) groups is 1. The van der Waals surface area contributed by atoms with Crippen molar-refractivity contribution >= 4 is 33.3 Å². The van der Waals surface area contributed by atoms with Crippen molar-refractivity contribution in [2.45, 2.75) is 6.54 Å². The van der Waals surface area contributed by atoms with Gasteiger partial charge in [-0.25, -0.2) is 4.98 Å². The smallest absolute Gasteiger partial charge is 0.184 e. The van der Waals surface area contributed by atoms with Gasteiger partial charge in [-0.05, 0) is 36.4 Å². The van der Waals surface area contributed by atoms with E-state index in [1.165, 1.54) is 17.1 Å². The largest absolute Gasteiger partial charge is 0.457 e. The molecule has 0 amide bonds. The van der Waals surface area contributed by atoms with Crippen LogP contribution in [-0.4, -0.2) is 15.3 Å². The Morgan fingerprint density at radius 3 is 2.64 bits per heavy atom. The summed E-state index contributed by atoms with van der Waals surface area (Å²) in [6, 6.07) is 14.2. The molecule has 3 aromatic rings. The van der Waals surface area contributed by atoms with Gasteiger partial charge < -0.3 is 9.30 Å². The van der Waals surface area contributed by atoms with Gasteiger partial charge in [0.05, 0.1) is 24.1 Å². The molecule has 5 nitrogen and oxygen atoms in total. The molecule has 0 saturated heterocycles. The second-order valence-corrected chi connectivity index (χ2v) is 6.46. The number of nitrogens with zero attached hydrogens (tertiary/aromatic N) is 3. The van der Waals surface area contributed by atoms with E-state index in [4.69, 9.17) is 21.6 Å². The summed E-state index contributed by atoms with van der Waals surface area (Å²) in [5.74, 6) is 0.981. The van der Waals surface area contributed by atoms with E-state index in [0.717, 1.165) is 4.47 Å². The van der Waals surface area contributed by atoms with Crippen LogP contribution >= 0.6 is 27.5 Å². The van der Waals surface area contributed by atoms with E-state index in [9.17, 15) is 4.79 Å². The third-order valence-corrected chi connectivity index (χ3v) is 4.27. The number of ketones is 1. The van der Waals surface area contributed by atoms with Crippen LogP contribution in [-0.2, 0) is 6.54 Å². The summed E-state index contributed by atoms with van der Waals surface area (Å²) in [5, 5.41) is 9.26. The van der Waals surface area contributed by atoms with Crippen molar-refractivity contribution in [1.82, 2.24) is 9.55 Å². The van der Waals surface area contributed by atoms with E-state index in [-0.39, 0.29) is 12.3 Å². The van der Waals surface area contributed by atoms with Crippen LogP contribution in [0.3, 0.4) is 0 Å². The number of aromatic nitrogens is 2. The highest BCUT2D eigenvalue weighted by Crippen LogP contribution is 2.28. The Morgan fingerprint density at radius 1 is 1.24 bits per heavy atom. The highest BCUT2D eigenvalue weighted by Gasteiger charge is 2.14. The molecule has 0 spiro atoms. The fraction of sp³-hybridized carbons (Fsp3) is 0.0556. The van der Waals surface area contributed by atoms with Crippen LogP contribution in [0.2, 0.25) is 5.02 Å². The summed E-state index contributed by atoms with van der Waals surface area (Å²) in [5.41, 5.74) is 0.682. The second kappa shape index (κ2) is 7.51. The van der Waals surface area contributed by atoms with Crippen LogP contribution in [0.5, 0.6) is 11.5 Å². The second-order valence-electron chi connectivity index (χ2n) is 5.14. The molecule has 0 unspecified atom stereocenters. The van der Waals surface area contributed by atoms with Crippen molar-refractivity contribution in [2.24, 2.45) is 0 Å². The summed E-state index contributed by atoms with van der Waals surface area (Å²) in [6.45, 7) is -0.00444. The van der Waals surface area contributed by atoms with Gasteiger partial charge >= 0.3 is 0 Å². The van der Waals surface area contributed by atoms with Crippen molar-refractivity contribution in [3.05, 3.63) is 75.7 Å². The Hall–Kier alpha value is -2.62. The van der Waals surface area contributed by atoms with Crippen molar-refractivity contribution < 1.29 is 9.53 Å².